The van der Waals surface area contributed by atoms with Crippen LogP contribution in [0.1, 0.15) is 4.88 Å². The second-order valence-electron chi connectivity index (χ2n) is 2.80. The van der Waals surface area contributed by atoms with Crippen molar-refractivity contribution in [3.8, 4) is 0 Å². The zero-order valence-corrected chi connectivity index (χ0v) is 9.39. The highest BCUT2D eigenvalue weighted by Gasteiger charge is 2.17. The van der Waals surface area contributed by atoms with Gasteiger partial charge in [-0.2, -0.15) is 10.1 Å². The number of sulfonamides is 1. The highest BCUT2D eigenvalue weighted by Crippen LogP contribution is 2.21. The Kier molecular flexibility index (Phi) is 2.45. The van der Waals surface area contributed by atoms with Crippen molar-refractivity contribution in [1.82, 2.24) is 15.2 Å². The Morgan fingerprint density at radius 1 is 1.47 bits per heavy atom. The van der Waals surface area contributed by atoms with Crippen LogP contribution in [0.2, 0.25) is 0 Å². The molecular formula is C7H8N4O2S2. The Balaban J connectivity index is 2.28. The van der Waals surface area contributed by atoms with Crippen LogP contribution in [-0.4, -0.2) is 23.6 Å². The fourth-order valence-electron chi connectivity index (χ4n) is 0.989. The van der Waals surface area contributed by atoms with Crippen LogP contribution in [0.3, 0.4) is 0 Å². The predicted molar refractivity (Wildman–Crippen MR) is 56.2 cm³/mol. The number of thiophene rings is 1. The summed E-state index contributed by atoms with van der Waals surface area (Å²) >= 11 is 1.20. The smallest absolute Gasteiger partial charge is 0.247 e. The first-order valence-corrected chi connectivity index (χ1v) is 6.32. The Hall–Kier alpha value is -1.41. The molecule has 0 aliphatic carbocycles. The van der Waals surface area contributed by atoms with E-state index in [9.17, 15) is 8.42 Å². The summed E-state index contributed by atoms with van der Waals surface area (Å²) in [5, 5.41) is 5.97. The third kappa shape index (κ3) is 2.16. The lowest BCUT2D eigenvalue weighted by molar-refractivity contribution is 0.603. The number of aromatic amines is 1. The summed E-state index contributed by atoms with van der Waals surface area (Å²) in [4.78, 5) is 4.62. The number of hydrogen-bond acceptors (Lipinski definition) is 5. The van der Waals surface area contributed by atoms with E-state index in [1.54, 1.807) is 12.1 Å². The van der Waals surface area contributed by atoms with Crippen LogP contribution in [0.4, 0.5) is 5.95 Å². The molecule has 80 valence electrons. The minimum atomic E-state index is -3.53. The van der Waals surface area contributed by atoms with Crippen molar-refractivity contribution in [3.63, 3.8) is 0 Å². The summed E-state index contributed by atoms with van der Waals surface area (Å²) in [5.41, 5.74) is 0. The lowest BCUT2D eigenvalue weighted by Gasteiger charge is -2.00. The molecule has 2 N–H and O–H groups in total. The van der Waals surface area contributed by atoms with Crippen LogP contribution < -0.4 is 4.72 Å². The highest BCUT2D eigenvalue weighted by molar-refractivity contribution is 7.94. The minimum Gasteiger partial charge on any atom is -0.247 e. The van der Waals surface area contributed by atoms with Gasteiger partial charge < -0.3 is 0 Å². The summed E-state index contributed by atoms with van der Waals surface area (Å²) in [6.45, 7) is 1.85. The molecule has 0 atom stereocenters. The normalized spacial score (nSPS) is 11.5. The van der Waals surface area contributed by atoms with Gasteiger partial charge in [0.05, 0.1) is 0 Å². The molecule has 0 aliphatic heterocycles. The summed E-state index contributed by atoms with van der Waals surface area (Å²) in [6.07, 6.45) is 1.23. The highest BCUT2D eigenvalue weighted by atomic mass is 32.2. The number of rotatable bonds is 3. The van der Waals surface area contributed by atoms with Crippen LogP contribution in [-0.2, 0) is 10.0 Å². The van der Waals surface area contributed by atoms with E-state index < -0.39 is 10.0 Å². The van der Waals surface area contributed by atoms with Crippen molar-refractivity contribution in [1.29, 1.82) is 0 Å². The third-order valence-electron chi connectivity index (χ3n) is 1.63. The topological polar surface area (TPSA) is 87.7 Å². The third-order valence-corrected chi connectivity index (χ3v) is 4.46. The molecule has 0 bridgehead atoms. The molecule has 8 heteroatoms. The van der Waals surface area contributed by atoms with E-state index in [1.165, 1.54) is 17.7 Å². The van der Waals surface area contributed by atoms with Gasteiger partial charge in [0, 0.05) is 4.88 Å². The molecule has 6 nitrogen and oxygen atoms in total. The molecular weight excluding hydrogens is 236 g/mol. The van der Waals surface area contributed by atoms with Gasteiger partial charge in [0.1, 0.15) is 10.5 Å². The van der Waals surface area contributed by atoms with Crippen molar-refractivity contribution in [2.24, 2.45) is 0 Å². The van der Waals surface area contributed by atoms with Gasteiger partial charge in [-0.3, -0.25) is 0 Å². The second-order valence-corrected chi connectivity index (χ2v) is 6.00. The molecule has 0 radical (unpaired) electrons. The maximum absolute atomic E-state index is 11.7. The second kappa shape index (κ2) is 3.63. The molecule has 0 unspecified atom stereocenters. The van der Waals surface area contributed by atoms with Crippen LogP contribution in [0.5, 0.6) is 0 Å². The van der Waals surface area contributed by atoms with Gasteiger partial charge in [0.15, 0.2) is 0 Å². The standard InChI is InChI=1S/C7H8N4O2S2/c1-5-2-3-6(14-5)15(12,13)11-7-8-4-9-10-7/h2-4H,1H3,(H2,8,9,10,11). The van der Waals surface area contributed by atoms with Crippen molar-refractivity contribution in [3.05, 3.63) is 23.3 Å². The summed E-state index contributed by atoms with van der Waals surface area (Å²) in [6, 6.07) is 3.30. The Morgan fingerprint density at radius 2 is 2.27 bits per heavy atom. The van der Waals surface area contributed by atoms with Gasteiger partial charge in [-0.25, -0.2) is 18.2 Å². The first-order chi connectivity index (χ1) is 7.08. The van der Waals surface area contributed by atoms with E-state index in [-0.39, 0.29) is 10.2 Å². The number of aromatic nitrogens is 3. The molecule has 0 aliphatic rings. The fourth-order valence-corrected chi connectivity index (χ4v) is 3.24. The summed E-state index contributed by atoms with van der Waals surface area (Å²) in [5.74, 6) is 0.112. The monoisotopic (exact) mass is 244 g/mol. The van der Waals surface area contributed by atoms with Gasteiger partial charge in [0.25, 0.3) is 10.0 Å². The van der Waals surface area contributed by atoms with E-state index in [0.29, 0.717) is 0 Å². The molecule has 2 aromatic heterocycles. The number of H-pyrrole nitrogens is 1. The van der Waals surface area contributed by atoms with Crippen LogP contribution >= 0.6 is 11.3 Å². The lowest BCUT2D eigenvalue weighted by atomic mass is 10.5. The number of anilines is 1. The largest absolute Gasteiger partial charge is 0.273 e. The minimum absolute atomic E-state index is 0.112. The van der Waals surface area contributed by atoms with Crippen molar-refractivity contribution >= 4 is 27.3 Å². The Bertz CT molecular complexity index is 543. The van der Waals surface area contributed by atoms with E-state index in [0.717, 1.165) is 4.88 Å². The lowest BCUT2D eigenvalue weighted by Crippen LogP contribution is -2.12. The number of aryl methyl sites for hydroxylation is 1. The van der Waals surface area contributed by atoms with Gasteiger partial charge >= 0.3 is 0 Å². The average Bonchev–Trinajstić information content (AvgIpc) is 2.75. The number of hydrogen-bond donors (Lipinski definition) is 2. The fraction of sp³-hybridized carbons (Fsp3) is 0.143. The first-order valence-electron chi connectivity index (χ1n) is 4.02. The zero-order chi connectivity index (χ0) is 10.9. The van der Waals surface area contributed by atoms with Crippen LogP contribution in [0, 0.1) is 6.92 Å². The molecule has 2 aromatic rings. The SMILES string of the molecule is Cc1ccc(S(=O)(=O)Nc2ncn[nH]2)s1. The van der Waals surface area contributed by atoms with Gasteiger partial charge in [-0.1, -0.05) is 0 Å². The van der Waals surface area contributed by atoms with E-state index >= 15 is 0 Å². The molecule has 0 amide bonds. The Labute approximate surface area is 90.4 Å². The zero-order valence-electron chi connectivity index (χ0n) is 7.76. The molecule has 2 heterocycles. The van der Waals surface area contributed by atoms with E-state index in [1.807, 2.05) is 6.92 Å². The summed E-state index contributed by atoms with van der Waals surface area (Å²) < 4.78 is 26.0. The molecule has 15 heavy (non-hydrogen) atoms. The van der Waals surface area contributed by atoms with Crippen LogP contribution in [0.25, 0.3) is 0 Å². The van der Waals surface area contributed by atoms with Crippen LogP contribution in [0.15, 0.2) is 22.7 Å². The molecule has 0 fully saturated rings. The molecule has 0 saturated carbocycles. The maximum atomic E-state index is 11.7. The predicted octanol–water partition coefficient (Wildman–Crippen LogP) is 0.975. The van der Waals surface area contributed by atoms with Crippen molar-refractivity contribution in [2.45, 2.75) is 11.1 Å². The molecule has 0 aromatic carbocycles. The first kappa shape index (κ1) is 10.1. The van der Waals surface area contributed by atoms with Crippen molar-refractivity contribution < 1.29 is 8.42 Å². The van der Waals surface area contributed by atoms with Crippen molar-refractivity contribution in [2.75, 3.05) is 4.72 Å². The number of nitrogens with one attached hydrogen (secondary N) is 2. The Morgan fingerprint density at radius 3 is 2.80 bits per heavy atom. The van der Waals surface area contributed by atoms with Gasteiger partial charge in [0.2, 0.25) is 5.95 Å². The quantitative estimate of drug-likeness (QED) is 0.842. The van der Waals surface area contributed by atoms with Gasteiger partial charge in [-0.15, -0.1) is 11.3 Å². The molecule has 0 spiro atoms. The average molecular weight is 244 g/mol. The van der Waals surface area contributed by atoms with E-state index in [4.69, 9.17) is 0 Å². The van der Waals surface area contributed by atoms with E-state index in [2.05, 4.69) is 19.9 Å². The molecule has 2 rings (SSSR count). The number of nitrogens with zero attached hydrogens (tertiary/aromatic N) is 2. The van der Waals surface area contributed by atoms with Gasteiger partial charge in [-0.05, 0) is 19.1 Å². The maximum Gasteiger partial charge on any atom is 0.273 e. The molecule has 0 saturated heterocycles. The summed E-state index contributed by atoms with van der Waals surface area (Å²) in [7, 11) is -3.53.